The molecule has 2 amide bonds. The molecule has 0 aromatic rings. The van der Waals surface area contributed by atoms with Gasteiger partial charge in [0, 0.05) is 12.5 Å². The van der Waals surface area contributed by atoms with E-state index in [2.05, 4.69) is 17.2 Å². The van der Waals surface area contributed by atoms with E-state index in [9.17, 15) is 14.7 Å². The number of hydrogen-bond donors (Lipinski definition) is 3. The predicted octanol–water partition coefficient (Wildman–Crippen LogP) is 0.733. The number of aliphatic hydroxyl groups excluding tert-OH is 1. The average Bonchev–Trinajstić information content (AvgIpc) is 2.27. The maximum absolute atomic E-state index is 11.9. The first-order valence-corrected chi connectivity index (χ1v) is 6.32. The Morgan fingerprint density at radius 2 is 1.94 bits per heavy atom. The number of aliphatic hydroxyl groups is 1. The molecule has 3 unspecified atom stereocenters. The first-order chi connectivity index (χ1) is 8.40. The second kappa shape index (κ2) is 8.69. The Balaban J connectivity index is 4.48. The lowest BCUT2D eigenvalue weighted by molar-refractivity contribution is -0.128. The molecule has 5 nitrogen and oxygen atoms in total. The third kappa shape index (κ3) is 7.06. The molecular weight excluding hydrogens is 232 g/mol. The third-order valence-corrected chi connectivity index (χ3v) is 2.51. The highest BCUT2D eigenvalue weighted by Crippen LogP contribution is 2.01. The van der Waals surface area contributed by atoms with E-state index in [1.165, 1.54) is 0 Å². The molecule has 0 radical (unpaired) electrons. The summed E-state index contributed by atoms with van der Waals surface area (Å²) < 4.78 is 0. The van der Waals surface area contributed by atoms with Gasteiger partial charge in [0.15, 0.2) is 0 Å². The molecule has 0 aromatic carbocycles. The number of hydrogen-bond acceptors (Lipinski definition) is 3. The Labute approximate surface area is 109 Å². The summed E-state index contributed by atoms with van der Waals surface area (Å²) in [6.45, 7) is 8.87. The van der Waals surface area contributed by atoms with E-state index in [1.807, 2.05) is 13.8 Å². The van der Waals surface area contributed by atoms with E-state index >= 15 is 0 Å². The highest BCUT2D eigenvalue weighted by atomic mass is 16.3. The summed E-state index contributed by atoms with van der Waals surface area (Å²) in [4.78, 5) is 23.2. The van der Waals surface area contributed by atoms with Crippen LogP contribution in [0.25, 0.3) is 0 Å². The van der Waals surface area contributed by atoms with Crippen molar-refractivity contribution in [2.45, 2.75) is 58.2 Å². The Kier molecular flexibility index (Phi) is 8.03. The molecule has 3 N–H and O–H groups in total. The molecule has 0 heterocycles. The Morgan fingerprint density at radius 3 is 2.39 bits per heavy atom. The number of carbonyl (C=O) groups is 2. The van der Waals surface area contributed by atoms with Gasteiger partial charge in [-0.15, -0.1) is 0 Å². The summed E-state index contributed by atoms with van der Waals surface area (Å²) >= 11 is 0. The number of carbonyl (C=O) groups excluding carboxylic acids is 2. The molecule has 0 bridgehead atoms. The standard InChI is InChI=1S/C13H24N2O3/c1-5-7-9(3)14-13(18)11(8-10(4)16)15-12(17)6-2/h6,9-11,16H,2,5,7-8H2,1,3-4H3,(H,14,18)(H,15,17). The van der Waals surface area contributed by atoms with Crippen LogP contribution in [0.3, 0.4) is 0 Å². The Bertz CT molecular complexity index is 290. The molecule has 3 atom stereocenters. The fourth-order valence-corrected chi connectivity index (χ4v) is 1.65. The molecule has 0 saturated carbocycles. The van der Waals surface area contributed by atoms with E-state index in [4.69, 9.17) is 0 Å². The van der Waals surface area contributed by atoms with Crippen molar-refractivity contribution in [3.8, 4) is 0 Å². The fourth-order valence-electron chi connectivity index (χ4n) is 1.65. The zero-order valence-electron chi connectivity index (χ0n) is 11.4. The summed E-state index contributed by atoms with van der Waals surface area (Å²) in [5, 5.41) is 14.7. The molecule has 0 aliphatic carbocycles. The van der Waals surface area contributed by atoms with Crippen LogP contribution in [0, 0.1) is 0 Å². The molecule has 0 spiro atoms. The van der Waals surface area contributed by atoms with Crippen LogP contribution in [0.15, 0.2) is 12.7 Å². The lowest BCUT2D eigenvalue weighted by atomic mass is 10.1. The Hall–Kier alpha value is -1.36. The highest BCUT2D eigenvalue weighted by Gasteiger charge is 2.22. The van der Waals surface area contributed by atoms with Crippen LogP contribution in [0.1, 0.15) is 40.0 Å². The topological polar surface area (TPSA) is 78.4 Å². The summed E-state index contributed by atoms with van der Waals surface area (Å²) in [5.74, 6) is -0.689. The van der Waals surface area contributed by atoms with Gasteiger partial charge in [-0.05, 0) is 26.3 Å². The largest absolute Gasteiger partial charge is 0.393 e. The van der Waals surface area contributed by atoms with E-state index < -0.39 is 18.1 Å². The number of amides is 2. The molecular formula is C13H24N2O3. The number of nitrogens with one attached hydrogen (secondary N) is 2. The third-order valence-electron chi connectivity index (χ3n) is 2.51. The van der Waals surface area contributed by atoms with Crippen LogP contribution >= 0.6 is 0 Å². The van der Waals surface area contributed by atoms with E-state index in [1.54, 1.807) is 6.92 Å². The monoisotopic (exact) mass is 256 g/mol. The van der Waals surface area contributed by atoms with Crippen molar-refractivity contribution >= 4 is 11.8 Å². The minimum absolute atomic E-state index is 0.0552. The van der Waals surface area contributed by atoms with Gasteiger partial charge in [0.1, 0.15) is 6.04 Å². The second-order valence-corrected chi connectivity index (χ2v) is 4.55. The van der Waals surface area contributed by atoms with E-state index in [0.29, 0.717) is 0 Å². The van der Waals surface area contributed by atoms with E-state index in [-0.39, 0.29) is 18.4 Å². The van der Waals surface area contributed by atoms with Crippen LogP contribution < -0.4 is 10.6 Å². The lowest BCUT2D eigenvalue weighted by Gasteiger charge is -2.21. The SMILES string of the molecule is C=CC(=O)NC(CC(C)O)C(=O)NC(C)CCC. The van der Waals surface area contributed by atoms with Crippen LogP contribution in [0.4, 0.5) is 0 Å². The van der Waals surface area contributed by atoms with Gasteiger partial charge in [0.25, 0.3) is 0 Å². The van der Waals surface area contributed by atoms with Gasteiger partial charge in [0.05, 0.1) is 6.10 Å². The van der Waals surface area contributed by atoms with Crippen molar-refractivity contribution in [3.63, 3.8) is 0 Å². The quantitative estimate of drug-likeness (QED) is 0.560. The van der Waals surface area contributed by atoms with Gasteiger partial charge in [-0.2, -0.15) is 0 Å². The number of rotatable bonds is 8. The molecule has 0 saturated heterocycles. The van der Waals surface area contributed by atoms with Crippen molar-refractivity contribution in [1.29, 1.82) is 0 Å². The van der Waals surface area contributed by atoms with Crippen LogP contribution in [-0.4, -0.2) is 35.1 Å². The average molecular weight is 256 g/mol. The summed E-state index contributed by atoms with van der Waals surface area (Å²) in [6.07, 6.45) is 2.49. The molecule has 0 fully saturated rings. The van der Waals surface area contributed by atoms with Gasteiger partial charge in [0.2, 0.25) is 11.8 Å². The van der Waals surface area contributed by atoms with Gasteiger partial charge < -0.3 is 15.7 Å². The molecule has 0 aliphatic rings. The van der Waals surface area contributed by atoms with Crippen molar-refractivity contribution in [2.24, 2.45) is 0 Å². The summed E-state index contributed by atoms with van der Waals surface area (Å²) in [7, 11) is 0. The normalized spacial score (nSPS) is 15.3. The molecule has 0 aromatic heterocycles. The maximum atomic E-state index is 11.9. The maximum Gasteiger partial charge on any atom is 0.244 e. The molecule has 5 heteroatoms. The van der Waals surface area contributed by atoms with Gasteiger partial charge in [-0.25, -0.2) is 0 Å². The highest BCUT2D eigenvalue weighted by molar-refractivity contribution is 5.92. The van der Waals surface area contributed by atoms with Crippen LogP contribution in [0.5, 0.6) is 0 Å². The fraction of sp³-hybridized carbons (Fsp3) is 0.692. The van der Waals surface area contributed by atoms with Crippen molar-refractivity contribution < 1.29 is 14.7 Å². The van der Waals surface area contributed by atoms with Gasteiger partial charge in [-0.3, -0.25) is 9.59 Å². The molecule has 0 aliphatic heterocycles. The van der Waals surface area contributed by atoms with Crippen molar-refractivity contribution in [3.05, 3.63) is 12.7 Å². The smallest absolute Gasteiger partial charge is 0.244 e. The Morgan fingerprint density at radius 1 is 1.33 bits per heavy atom. The first kappa shape index (κ1) is 16.6. The van der Waals surface area contributed by atoms with Gasteiger partial charge in [-0.1, -0.05) is 19.9 Å². The molecule has 0 rings (SSSR count). The van der Waals surface area contributed by atoms with Gasteiger partial charge >= 0.3 is 0 Å². The van der Waals surface area contributed by atoms with Crippen LogP contribution in [-0.2, 0) is 9.59 Å². The minimum atomic E-state index is -0.727. The molecule has 18 heavy (non-hydrogen) atoms. The predicted molar refractivity (Wildman–Crippen MR) is 70.9 cm³/mol. The van der Waals surface area contributed by atoms with Crippen molar-refractivity contribution in [2.75, 3.05) is 0 Å². The second-order valence-electron chi connectivity index (χ2n) is 4.55. The first-order valence-electron chi connectivity index (χ1n) is 6.32. The van der Waals surface area contributed by atoms with Crippen molar-refractivity contribution in [1.82, 2.24) is 10.6 Å². The zero-order chi connectivity index (χ0) is 14.1. The summed E-state index contributed by atoms with van der Waals surface area (Å²) in [6, 6.07) is -0.672. The lowest BCUT2D eigenvalue weighted by Crippen LogP contribution is -2.49. The zero-order valence-corrected chi connectivity index (χ0v) is 11.4. The summed E-state index contributed by atoms with van der Waals surface area (Å²) in [5.41, 5.74) is 0. The minimum Gasteiger partial charge on any atom is -0.393 e. The van der Waals surface area contributed by atoms with Crippen LogP contribution in [0.2, 0.25) is 0 Å². The molecule has 104 valence electrons. The van der Waals surface area contributed by atoms with E-state index in [0.717, 1.165) is 18.9 Å².